The Labute approximate surface area is 203 Å². The fourth-order valence-electron chi connectivity index (χ4n) is 4.00. The second-order valence-corrected chi connectivity index (χ2v) is 8.57. The van der Waals surface area contributed by atoms with Crippen molar-refractivity contribution in [3.8, 4) is 5.69 Å². The average Bonchev–Trinajstić information content (AvgIpc) is 3.20. The summed E-state index contributed by atoms with van der Waals surface area (Å²) in [6.45, 7) is 5.85. The number of aryl methyl sites for hydroxylation is 2. The second kappa shape index (κ2) is 9.42. The Bertz CT molecular complexity index is 1390. The first-order valence-corrected chi connectivity index (χ1v) is 11.6. The molecule has 0 spiro atoms. The van der Waals surface area contributed by atoms with Crippen LogP contribution in [0.4, 0.5) is 17.6 Å². The lowest BCUT2D eigenvalue weighted by Gasteiger charge is -2.33. The van der Waals surface area contributed by atoms with Crippen molar-refractivity contribution in [1.29, 1.82) is 0 Å². The first-order chi connectivity index (χ1) is 17.0. The van der Waals surface area contributed by atoms with Crippen LogP contribution in [0.3, 0.4) is 0 Å². The molecule has 0 aliphatic carbocycles. The standard InChI is InChI=1S/C27H26N6O2/c1-18-8-3-5-10-22(18)24(34)28-26-30-27(29-25(35)23-11-6-4-9-19(23)2)33(31-26)21-14-12-20(13-15-21)32-16-7-17-32/h3-6,8-15H,7,16-17H2,1-2H3,(H2,28,29,30,31,34,35). The molecular formula is C27H26N6O2. The molecular weight excluding hydrogens is 440 g/mol. The Morgan fingerprint density at radius 1 is 0.743 bits per heavy atom. The van der Waals surface area contributed by atoms with E-state index in [1.807, 2.05) is 74.5 Å². The summed E-state index contributed by atoms with van der Waals surface area (Å²) in [6.07, 6.45) is 1.20. The molecule has 0 bridgehead atoms. The minimum Gasteiger partial charge on any atom is -0.371 e. The molecule has 8 nitrogen and oxygen atoms in total. The molecule has 0 atom stereocenters. The summed E-state index contributed by atoms with van der Waals surface area (Å²) in [5, 5.41) is 10.1. The van der Waals surface area contributed by atoms with E-state index in [0.29, 0.717) is 11.1 Å². The first kappa shape index (κ1) is 22.3. The van der Waals surface area contributed by atoms with E-state index >= 15 is 0 Å². The van der Waals surface area contributed by atoms with Crippen molar-refractivity contribution in [1.82, 2.24) is 14.8 Å². The number of carbonyl (C=O) groups excluding carboxylic acids is 2. The third-order valence-electron chi connectivity index (χ3n) is 6.15. The van der Waals surface area contributed by atoms with E-state index in [2.05, 4.69) is 25.6 Å². The molecule has 0 radical (unpaired) electrons. The highest BCUT2D eigenvalue weighted by atomic mass is 16.2. The van der Waals surface area contributed by atoms with Crippen molar-refractivity contribution in [3.63, 3.8) is 0 Å². The molecule has 1 aromatic heterocycles. The smallest absolute Gasteiger partial charge is 0.258 e. The highest BCUT2D eigenvalue weighted by Gasteiger charge is 2.20. The number of hydrogen-bond donors (Lipinski definition) is 2. The van der Waals surface area contributed by atoms with Gasteiger partial charge in [0, 0.05) is 29.9 Å². The molecule has 3 aromatic carbocycles. The maximum absolute atomic E-state index is 13.0. The predicted molar refractivity (Wildman–Crippen MR) is 136 cm³/mol. The van der Waals surface area contributed by atoms with Crippen LogP contribution in [0.2, 0.25) is 0 Å². The normalized spacial score (nSPS) is 12.7. The van der Waals surface area contributed by atoms with Crippen LogP contribution >= 0.6 is 0 Å². The molecule has 2 N–H and O–H groups in total. The van der Waals surface area contributed by atoms with Crippen LogP contribution in [0.1, 0.15) is 38.3 Å². The molecule has 5 rings (SSSR count). The van der Waals surface area contributed by atoms with E-state index in [1.54, 1.807) is 12.1 Å². The Hall–Kier alpha value is -4.46. The summed E-state index contributed by atoms with van der Waals surface area (Å²) in [6, 6.07) is 22.5. The van der Waals surface area contributed by atoms with Crippen molar-refractivity contribution in [2.45, 2.75) is 20.3 Å². The molecule has 1 aliphatic rings. The van der Waals surface area contributed by atoms with Crippen molar-refractivity contribution in [2.75, 3.05) is 28.6 Å². The quantitative estimate of drug-likeness (QED) is 0.433. The molecule has 1 saturated heterocycles. The van der Waals surface area contributed by atoms with Gasteiger partial charge in [-0.25, -0.2) is 0 Å². The Kier molecular flexibility index (Phi) is 6.01. The SMILES string of the molecule is Cc1ccccc1C(=O)Nc1nc(NC(=O)c2ccccc2C)n(-c2ccc(N3CCC3)cc2)n1. The van der Waals surface area contributed by atoms with Crippen molar-refractivity contribution in [3.05, 3.63) is 95.1 Å². The lowest BCUT2D eigenvalue weighted by molar-refractivity contribution is 0.101. The topological polar surface area (TPSA) is 92.2 Å². The molecule has 2 amide bonds. The number of nitrogens with zero attached hydrogens (tertiary/aromatic N) is 4. The van der Waals surface area contributed by atoms with Gasteiger partial charge >= 0.3 is 0 Å². The van der Waals surface area contributed by atoms with Gasteiger partial charge < -0.3 is 4.90 Å². The largest absolute Gasteiger partial charge is 0.371 e. The van der Waals surface area contributed by atoms with Crippen LogP contribution in [0.25, 0.3) is 5.69 Å². The van der Waals surface area contributed by atoms with Crippen LogP contribution in [-0.2, 0) is 0 Å². The van der Waals surface area contributed by atoms with Gasteiger partial charge in [-0.05, 0) is 67.8 Å². The Balaban J connectivity index is 1.46. The van der Waals surface area contributed by atoms with Gasteiger partial charge in [0.2, 0.25) is 5.95 Å². The third-order valence-corrected chi connectivity index (χ3v) is 6.15. The summed E-state index contributed by atoms with van der Waals surface area (Å²) in [5.74, 6) is -0.295. The minimum absolute atomic E-state index is 0.102. The van der Waals surface area contributed by atoms with Crippen LogP contribution in [0.15, 0.2) is 72.8 Å². The van der Waals surface area contributed by atoms with Crippen LogP contribution in [0, 0.1) is 13.8 Å². The lowest BCUT2D eigenvalue weighted by atomic mass is 10.1. The number of aromatic nitrogens is 3. The monoisotopic (exact) mass is 466 g/mol. The van der Waals surface area contributed by atoms with Gasteiger partial charge in [-0.15, -0.1) is 5.10 Å². The van der Waals surface area contributed by atoms with Crippen molar-refractivity contribution >= 4 is 29.4 Å². The third kappa shape index (κ3) is 4.63. The van der Waals surface area contributed by atoms with E-state index in [4.69, 9.17) is 0 Å². The number of anilines is 3. The van der Waals surface area contributed by atoms with Crippen LogP contribution in [-0.4, -0.2) is 39.7 Å². The summed E-state index contributed by atoms with van der Waals surface area (Å²) >= 11 is 0. The van der Waals surface area contributed by atoms with Gasteiger partial charge in [-0.3, -0.25) is 20.2 Å². The van der Waals surface area contributed by atoms with Gasteiger partial charge in [0.25, 0.3) is 17.8 Å². The number of hydrogen-bond acceptors (Lipinski definition) is 5. The summed E-state index contributed by atoms with van der Waals surface area (Å²) in [7, 11) is 0. The zero-order chi connectivity index (χ0) is 24.4. The van der Waals surface area contributed by atoms with E-state index < -0.39 is 0 Å². The first-order valence-electron chi connectivity index (χ1n) is 11.6. The van der Waals surface area contributed by atoms with Crippen molar-refractivity contribution in [2.24, 2.45) is 0 Å². The second-order valence-electron chi connectivity index (χ2n) is 8.57. The molecule has 4 aromatic rings. The predicted octanol–water partition coefficient (Wildman–Crippen LogP) is 4.60. The summed E-state index contributed by atoms with van der Waals surface area (Å²) in [5.41, 5.74) is 4.63. The molecule has 2 heterocycles. The number of nitrogens with one attached hydrogen (secondary N) is 2. The molecule has 0 unspecified atom stereocenters. The highest BCUT2D eigenvalue weighted by molar-refractivity contribution is 6.06. The average molecular weight is 467 g/mol. The fraction of sp³-hybridized carbons (Fsp3) is 0.185. The van der Waals surface area contributed by atoms with Crippen LogP contribution < -0.4 is 15.5 Å². The van der Waals surface area contributed by atoms with E-state index in [1.165, 1.54) is 11.1 Å². The van der Waals surface area contributed by atoms with E-state index in [-0.39, 0.29) is 23.7 Å². The summed E-state index contributed by atoms with van der Waals surface area (Å²) < 4.78 is 1.53. The van der Waals surface area contributed by atoms with Gasteiger partial charge in [-0.1, -0.05) is 36.4 Å². The molecule has 176 valence electrons. The zero-order valence-corrected chi connectivity index (χ0v) is 19.7. The van der Waals surface area contributed by atoms with Gasteiger partial charge in [0.15, 0.2) is 0 Å². The number of carbonyl (C=O) groups is 2. The maximum Gasteiger partial charge on any atom is 0.258 e. The van der Waals surface area contributed by atoms with Gasteiger partial charge in [-0.2, -0.15) is 9.67 Å². The minimum atomic E-state index is -0.315. The number of amides is 2. The number of rotatable bonds is 6. The molecule has 1 aliphatic heterocycles. The van der Waals surface area contributed by atoms with Gasteiger partial charge in [0.05, 0.1) is 5.69 Å². The van der Waals surface area contributed by atoms with E-state index in [9.17, 15) is 9.59 Å². The summed E-state index contributed by atoms with van der Waals surface area (Å²) in [4.78, 5) is 32.6. The van der Waals surface area contributed by atoms with Crippen molar-refractivity contribution < 1.29 is 9.59 Å². The molecule has 0 saturated carbocycles. The molecule has 8 heteroatoms. The van der Waals surface area contributed by atoms with Crippen LogP contribution in [0.5, 0.6) is 0 Å². The fourth-order valence-corrected chi connectivity index (χ4v) is 4.00. The molecule has 35 heavy (non-hydrogen) atoms. The van der Waals surface area contributed by atoms with Gasteiger partial charge in [0.1, 0.15) is 0 Å². The Morgan fingerprint density at radius 3 is 1.83 bits per heavy atom. The number of benzene rings is 3. The molecule has 1 fully saturated rings. The zero-order valence-electron chi connectivity index (χ0n) is 19.7. The maximum atomic E-state index is 13.0. The lowest BCUT2D eigenvalue weighted by Crippen LogP contribution is -2.36. The Morgan fingerprint density at radius 2 is 1.29 bits per heavy atom. The highest BCUT2D eigenvalue weighted by Crippen LogP contribution is 2.24. The van der Waals surface area contributed by atoms with E-state index in [0.717, 1.165) is 35.6 Å².